The fourth-order valence-corrected chi connectivity index (χ4v) is 9.26. The third-order valence-corrected chi connectivity index (χ3v) is 12.8. The number of rotatable bonds is 13. The fourth-order valence-electron chi connectivity index (χ4n) is 9.26. The van der Waals surface area contributed by atoms with Crippen molar-refractivity contribution in [2.24, 2.45) is 0 Å². The van der Waals surface area contributed by atoms with Gasteiger partial charge in [0.15, 0.2) is 11.5 Å². The number of imide groups is 2. The van der Waals surface area contributed by atoms with Gasteiger partial charge in [-0.1, -0.05) is 12.1 Å². The van der Waals surface area contributed by atoms with Crippen molar-refractivity contribution < 1.29 is 28.8 Å². The first-order valence-corrected chi connectivity index (χ1v) is 21.6. The van der Waals surface area contributed by atoms with Gasteiger partial charge in [0.25, 0.3) is 17.7 Å². The van der Waals surface area contributed by atoms with Crippen molar-refractivity contribution in [1.29, 1.82) is 0 Å². The number of aryl methyl sites for hydroxylation is 1. The van der Waals surface area contributed by atoms with Crippen molar-refractivity contribution in [3.8, 4) is 0 Å². The van der Waals surface area contributed by atoms with E-state index in [9.17, 15) is 28.8 Å². The summed E-state index contributed by atoms with van der Waals surface area (Å²) < 4.78 is 2.10. The summed E-state index contributed by atoms with van der Waals surface area (Å²) in [5, 5.41) is 12.0. The molecule has 4 aliphatic heterocycles. The van der Waals surface area contributed by atoms with Crippen LogP contribution >= 0.6 is 0 Å². The van der Waals surface area contributed by atoms with E-state index in [2.05, 4.69) is 50.6 Å². The number of amides is 6. The summed E-state index contributed by atoms with van der Waals surface area (Å²) in [7, 11) is 0. The molecule has 4 aromatic rings. The van der Waals surface area contributed by atoms with Gasteiger partial charge in [0, 0.05) is 75.2 Å². The molecule has 1 saturated carbocycles. The molecule has 4 fully saturated rings. The molecular formula is C43H51N13O6. The molecule has 7 heterocycles. The zero-order valence-corrected chi connectivity index (χ0v) is 34.7. The number of likely N-dealkylation sites (tertiary alicyclic amines) is 1. The summed E-state index contributed by atoms with van der Waals surface area (Å²) in [5.74, 6) is -1.79. The Labute approximate surface area is 358 Å². The molecule has 0 bridgehead atoms. The molecule has 62 heavy (non-hydrogen) atoms. The number of hydrogen-bond donors (Lipinski definition) is 4. The highest BCUT2D eigenvalue weighted by Gasteiger charge is 2.45. The first-order valence-electron chi connectivity index (χ1n) is 21.6. The highest BCUT2D eigenvalue weighted by Crippen LogP contribution is 2.36. The summed E-state index contributed by atoms with van der Waals surface area (Å²) in [5.41, 5.74) is 3.47. The van der Waals surface area contributed by atoms with Crippen LogP contribution in [-0.2, 0) is 14.4 Å². The van der Waals surface area contributed by atoms with Crippen LogP contribution < -0.4 is 21.3 Å². The van der Waals surface area contributed by atoms with Gasteiger partial charge in [-0.3, -0.25) is 43.9 Å². The Bertz CT molecular complexity index is 2400. The molecule has 3 saturated heterocycles. The van der Waals surface area contributed by atoms with E-state index in [4.69, 9.17) is 4.98 Å². The van der Waals surface area contributed by atoms with Crippen molar-refractivity contribution >= 4 is 58.1 Å². The van der Waals surface area contributed by atoms with E-state index in [-0.39, 0.29) is 60.5 Å². The molecule has 0 unspecified atom stereocenters. The summed E-state index contributed by atoms with van der Waals surface area (Å²) >= 11 is 0. The van der Waals surface area contributed by atoms with E-state index in [1.54, 1.807) is 24.5 Å². The maximum Gasteiger partial charge on any atom is 0.270 e. The highest BCUT2D eigenvalue weighted by atomic mass is 16.2. The van der Waals surface area contributed by atoms with Crippen LogP contribution in [0.1, 0.15) is 87.9 Å². The van der Waals surface area contributed by atoms with Gasteiger partial charge < -0.3 is 30.3 Å². The number of carbonyl (C=O) groups excluding carboxylic acids is 6. The van der Waals surface area contributed by atoms with E-state index in [1.165, 1.54) is 6.07 Å². The number of fused-ring (bicyclic) bond motifs is 2. The molecule has 19 nitrogen and oxygen atoms in total. The molecule has 4 N–H and O–H groups in total. The minimum atomic E-state index is -1.05. The zero-order chi connectivity index (χ0) is 42.9. The number of pyridine rings is 1. The monoisotopic (exact) mass is 845 g/mol. The molecule has 1 aliphatic carbocycles. The van der Waals surface area contributed by atoms with Crippen LogP contribution in [0.2, 0.25) is 0 Å². The normalized spacial score (nSPS) is 22.4. The average molecular weight is 846 g/mol. The number of aromatic nitrogens is 5. The second kappa shape index (κ2) is 17.6. The van der Waals surface area contributed by atoms with Crippen LogP contribution in [0.3, 0.4) is 0 Å². The highest BCUT2D eigenvalue weighted by molar-refractivity contribution is 6.25. The predicted octanol–water partition coefficient (Wildman–Crippen LogP) is 1.59. The minimum absolute atomic E-state index is 0.0383. The van der Waals surface area contributed by atoms with Crippen LogP contribution in [0.4, 0.5) is 11.5 Å². The molecule has 9 rings (SSSR count). The Hall–Kier alpha value is -6.34. The number of hydrogen-bond acceptors (Lipinski definition) is 14. The third-order valence-electron chi connectivity index (χ3n) is 12.8. The van der Waals surface area contributed by atoms with Gasteiger partial charge >= 0.3 is 0 Å². The number of piperidine rings is 2. The molecule has 0 spiro atoms. The number of imidazole rings is 1. The van der Waals surface area contributed by atoms with Crippen molar-refractivity contribution in [2.45, 2.75) is 76.0 Å². The molecule has 1 aromatic carbocycles. The van der Waals surface area contributed by atoms with Crippen LogP contribution in [-0.4, -0.2) is 157 Å². The first kappa shape index (κ1) is 41.0. The zero-order valence-electron chi connectivity index (χ0n) is 34.7. The maximum atomic E-state index is 13.4. The van der Waals surface area contributed by atoms with Crippen LogP contribution in [0.25, 0.3) is 11.2 Å². The third kappa shape index (κ3) is 8.46. The lowest BCUT2D eigenvalue weighted by Gasteiger charge is -2.36. The smallest absolute Gasteiger partial charge is 0.270 e. The van der Waals surface area contributed by atoms with Crippen molar-refractivity contribution in [1.82, 2.24) is 54.7 Å². The minimum Gasteiger partial charge on any atom is -0.375 e. The van der Waals surface area contributed by atoms with Gasteiger partial charge in [-0.2, -0.15) is 0 Å². The molecule has 3 aromatic heterocycles. The van der Waals surface area contributed by atoms with Gasteiger partial charge in [-0.15, -0.1) is 0 Å². The predicted molar refractivity (Wildman–Crippen MR) is 226 cm³/mol. The summed E-state index contributed by atoms with van der Waals surface area (Å²) in [6.45, 7) is 8.53. The molecule has 6 amide bonds. The maximum absolute atomic E-state index is 13.4. The topological polar surface area (TPSA) is 220 Å². The lowest BCUT2D eigenvalue weighted by molar-refractivity contribution is -0.136. The largest absolute Gasteiger partial charge is 0.375 e. The van der Waals surface area contributed by atoms with Crippen molar-refractivity contribution in [2.75, 3.05) is 69.5 Å². The Balaban J connectivity index is 0.675. The van der Waals surface area contributed by atoms with Gasteiger partial charge in [0.1, 0.15) is 23.6 Å². The molecule has 19 heteroatoms. The second-order valence-corrected chi connectivity index (χ2v) is 16.9. The Morgan fingerprint density at radius 1 is 0.839 bits per heavy atom. The standard InChI is InChI=1S/C43H51N13O6/c1-26-5-2-8-32(48-26)40(59)50-28-21-29(22-28)55-25-47-37-38(45-24-46-39(37)55)49-27-11-15-52(16-12-27)13-4-14-53-17-19-54(20-18-53)35(58)23-44-31-7-3-6-30-36(31)43(62)56(42(30)61)33-9-10-34(57)51-41(33)60/h2-3,5-8,24-25,27-29,33,44H,4,9-23H2,1H3,(H,50,59)(H,45,46,49)(H,51,57,60)/t28?,29?,33-/m0/s1. The van der Waals surface area contributed by atoms with Crippen molar-refractivity contribution in [3.05, 3.63) is 71.6 Å². The Morgan fingerprint density at radius 3 is 2.35 bits per heavy atom. The SMILES string of the molecule is Cc1cccc(C(=O)NC2CC(n3cnc4c(NC5CCN(CCCN6CCN(C(=O)CNc7cccc8c7C(=O)N([C@H]7CCC(=O)NC7=O)C8=O)CC6)CC5)ncnc43)C2)n1. The number of carbonyl (C=O) groups is 6. The van der Waals surface area contributed by atoms with Gasteiger partial charge in [0.05, 0.1) is 24.0 Å². The first-order chi connectivity index (χ1) is 30.1. The van der Waals surface area contributed by atoms with Crippen molar-refractivity contribution in [3.63, 3.8) is 0 Å². The van der Waals surface area contributed by atoms with Crippen LogP contribution in [0, 0.1) is 6.92 Å². The number of benzene rings is 1. The van der Waals surface area contributed by atoms with E-state index in [0.717, 1.165) is 98.9 Å². The summed E-state index contributed by atoms with van der Waals surface area (Å²) in [4.78, 5) is 102. The van der Waals surface area contributed by atoms with Gasteiger partial charge in [-0.05, 0) is 82.8 Å². The molecule has 5 aliphatic rings. The van der Waals surface area contributed by atoms with E-state index in [0.29, 0.717) is 24.5 Å². The number of anilines is 2. The van der Waals surface area contributed by atoms with Crippen LogP contribution in [0.5, 0.6) is 0 Å². The van der Waals surface area contributed by atoms with E-state index < -0.39 is 29.7 Å². The van der Waals surface area contributed by atoms with E-state index in [1.807, 2.05) is 30.3 Å². The molecular weight excluding hydrogens is 795 g/mol. The molecule has 0 radical (unpaired) electrons. The number of piperazine rings is 1. The van der Waals surface area contributed by atoms with Crippen LogP contribution in [0.15, 0.2) is 49.1 Å². The summed E-state index contributed by atoms with van der Waals surface area (Å²) in [6, 6.07) is 9.78. The lowest BCUT2D eigenvalue weighted by Crippen LogP contribution is -2.54. The second-order valence-electron chi connectivity index (χ2n) is 16.9. The lowest BCUT2D eigenvalue weighted by atomic mass is 9.86. The summed E-state index contributed by atoms with van der Waals surface area (Å²) in [6.07, 6.45) is 8.17. The van der Waals surface area contributed by atoms with Gasteiger partial charge in [0.2, 0.25) is 17.7 Å². The molecule has 1 atom stereocenters. The van der Waals surface area contributed by atoms with Gasteiger partial charge in [-0.25, -0.2) is 19.9 Å². The average Bonchev–Trinajstić information content (AvgIpc) is 3.80. The number of nitrogens with one attached hydrogen (secondary N) is 4. The Morgan fingerprint density at radius 2 is 1.60 bits per heavy atom. The fraction of sp³-hybridized carbons (Fsp3) is 0.488. The number of nitrogens with zero attached hydrogens (tertiary/aromatic N) is 9. The van der Waals surface area contributed by atoms with E-state index >= 15 is 0 Å². The Kier molecular flexibility index (Phi) is 11.6. The molecule has 324 valence electrons. The quantitative estimate of drug-likeness (QED) is 0.141.